The molecule has 0 saturated heterocycles. The highest BCUT2D eigenvalue weighted by atomic mass is 16.3. The molecule has 1 aromatic heterocycles. The van der Waals surface area contributed by atoms with Gasteiger partial charge in [-0.05, 0) is 131 Å². The number of hydrogen-bond donors (Lipinski definition) is 1. The number of hydrogen-bond acceptors (Lipinski definition) is 4. The third kappa shape index (κ3) is 5.71. The SMILES string of the molecule is c1ccc2c(c1)-c1cc3ccccc3cc1CCC2c1c(C2=NC(c3cc4ccccc4c4ccccc34)=NC(c3cc4ccccc4c4ccccc34)N2)ccc2oc3ccccc3c12. The number of amidine groups is 2. The van der Waals surface area contributed by atoms with Crippen LogP contribution in [0.15, 0.2) is 221 Å². The Morgan fingerprint density at radius 1 is 0.424 bits per heavy atom. The first-order valence-electron chi connectivity index (χ1n) is 23.0. The zero-order valence-corrected chi connectivity index (χ0v) is 36.0. The molecule has 1 aliphatic heterocycles. The van der Waals surface area contributed by atoms with Crippen LogP contribution in [0.25, 0.3) is 86.9 Å². The number of furan rings is 1. The topological polar surface area (TPSA) is 49.9 Å². The number of aliphatic imine (C=N–C) groups is 2. The van der Waals surface area contributed by atoms with Crippen molar-refractivity contribution in [3.63, 3.8) is 0 Å². The molecule has 2 heterocycles. The molecule has 14 rings (SSSR count). The third-order valence-electron chi connectivity index (χ3n) is 14.3. The minimum absolute atomic E-state index is 0.0182. The molecule has 4 heteroatoms. The normalized spacial score (nSPS) is 16.1. The van der Waals surface area contributed by atoms with Gasteiger partial charge in [0.2, 0.25) is 0 Å². The Morgan fingerprint density at radius 3 is 1.80 bits per heavy atom. The molecule has 66 heavy (non-hydrogen) atoms. The standard InChI is InChI=1S/C62H41N3O/c1-2-16-38-34-53-41(33-37(38)15-1)29-30-50(46-23-9-10-24-47(46)53)58-52(31-32-57-59(58)51-27-13-14-28-56(51)66-57)60-63-61(54-35-39-17-3-5-19-42(39)44-21-7-11-25-48(44)54)65-62(64-60)55-36-40-18-4-6-20-43(40)45-22-8-12-26-49(45)55/h1-28,31-36,50,61H,29-30H2,(H,63,64,65). The highest BCUT2D eigenvalue weighted by molar-refractivity contribution is 6.23. The van der Waals surface area contributed by atoms with Gasteiger partial charge in [-0.2, -0.15) is 0 Å². The van der Waals surface area contributed by atoms with Crippen LogP contribution in [0, 0.1) is 0 Å². The molecule has 0 spiro atoms. The summed E-state index contributed by atoms with van der Waals surface area (Å²) in [5.41, 5.74) is 11.4. The van der Waals surface area contributed by atoms with Crippen LogP contribution in [-0.2, 0) is 6.42 Å². The van der Waals surface area contributed by atoms with E-state index in [1.165, 1.54) is 70.9 Å². The number of nitrogens with zero attached hydrogens (tertiary/aromatic N) is 2. The van der Waals surface area contributed by atoms with Gasteiger partial charge in [-0.15, -0.1) is 0 Å². The molecule has 0 radical (unpaired) electrons. The highest BCUT2D eigenvalue weighted by Crippen LogP contribution is 2.48. The quantitative estimate of drug-likeness (QED) is 0.179. The first-order valence-corrected chi connectivity index (χ1v) is 23.0. The van der Waals surface area contributed by atoms with Crippen LogP contribution in [-0.4, -0.2) is 11.7 Å². The molecule has 0 fully saturated rings. The van der Waals surface area contributed by atoms with Crippen molar-refractivity contribution in [3.8, 4) is 11.1 Å². The maximum Gasteiger partial charge on any atom is 0.160 e. The van der Waals surface area contributed by atoms with Gasteiger partial charge < -0.3 is 9.73 Å². The summed E-state index contributed by atoms with van der Waals surface area (Å²) < 4.78 is 6.73. The summed E-state index contributed by atoms with van der Waals surface area (Å²) in [7, 11) is 0. The van der Waals surface area contributed by atoms with Crippen molar-refractivity contribution in [1.82, 2.24) is 5.32 Å². The van der Waals surface area contributed by atoms with E-state index in [9.17, 15) is 0 Å². The van der Waals surface area contributed by atoms with E-state index in [1.54, 1.807) is 0 Å². The fourth-order valence-electron chi connectivity index (χ4n) is 11.4. The monoisotopic (exact) mass is 843 g/mol. The van der Waals surface area contributed by atoms with Crippen LogP contribution in [0.4, 0.5) is 0 Å². The molecule has 11 aromatic carbocycles. The second-order valence-electron chi connectivity index (χ2n) is 17.9. The number of aryl methyl sites for hydroxylation is 1. The van der Waals surface area contributed by atoms with Crippen molar-refractivity contribution >= 4 is 87.5 Å². The average molecular weight is 844 g/mol. The minimum Gasteiger partial charge on any atom is -0.456 e. The Hall–Kier alpha value is -8.34. The second-order valence-corrected chi connectivity index (χ2v) is 17.9. The number of rotatable bonds is 4. The van der Waals surface area contributed by atoms with Crippen molar-refractivity contribution < 1.29 is 4.42 Å². The van der Waals surface area contributed by atoms with Crippen molar-refractivity contribution in [2.24, 2.45) is 9.98 Å². The van der Waals surface area contributed by atoms with Gasteiger partial charge in [0.1, 0.15) is 23.2 Å². The van der Waals surface area contributed by atoms with Crippen molar-refractivity contribution in [1.29, 1.82) is 0 Å². The van der Waals surface area contributed by atoms with E-state index < -0.39 is 6.17 Å². The van der Waals surface area contributed by atoms with Gasteiger partial charge in [0.05, 0.1) is 0 Å². The first-order chi connectivity index (χ1) is 32.7. The zero-order chi connectivity index (χ0) is 43.3. The van der Waals surface area contributed by atoms with Gasteiger partial charge in [-0.25, -0.2) is 9.98 Å². The Balaban J connectivity index is 1.05. The van der Waals surface area contributed by atoms with E-state index in [2.05, 4.69) is 212 Å². The molecule has 1 aliphatic carbocycles. The van der Waals surface area contributed by atoms with E-state index >= 15 is 0 Å². The molecular formula is C62H41N3O. The molecule has 12 aromatic rings. The summed E-state index contributed by atoms with van der Waals surface area (Å²) in [6, 6.07) is 75.0. The van der Waals surface area contributed by atoms with E-state index in [0.29, 0.717) is 5.84 Å². The molecule has 2 unspecified atom stereocenters. The Labute approximate surface area is 381 Å². The largest absolute Gasteiger partial charge is 0.456 e. The van der Waals surface area contributed by atoms with Gasteiger partial charge in [-0.3, -0.25) is 0 Å². The van der Waals surface area contributed by atoms with Crippen molar-refractivity contribution in [3.05, 3.63) is 240 Å². The molecule has 0 bridgehead atoms. The molecule has 2 atom stereocenters. The van der Waals surface area contributed by atoms with Crippen LogP contribution in [0.3, 0.4) is 0 Å². The number of para-hydroxylation sites is 1. The molecule has 0 saturated carbocycles. The van der Waals surface area contributed by atoms with Gasteiger partial charge in [0.25, 0.3) is 0 Å². The highest BCUT2D eigenvalue weighted by Gasteiger charge is 2.33. The number of nitrogens with one attached hydrogen (secondary N) is 1. The van der Waals surface area contributed by atoms with Crippen LogP contribution < -0.4 is 5.32 Å². The lowest BCUT2D eigenvalue weighted by Gasteiger charge is -2.28. The zero-order valence-electron chi connectivity index (χ0n) is 36.0. The lowest BCUT2D eigenvalue weighted by atomic mass is 9.81. The summed E-state index contributed by atoms with van der Waals surface area (Å²) in [6.45, 7) is 0. The fraction of sp³-hybridized carbons (Fsp3) is 0.0645. The summed E-state index contributed by atoms with van der Waals surface area (Å²) in [4.78, 5) is 11.4. The van der Waals surface area contributed by atoms with Gasteiger partial charge in [-0.1, -0.05) is 170 Å². The second kappa shape index (κ2) is 14.6. The molecular weight excluding hydrogens is 803 g/mol. The Kier molecular flexibility index (Phi) is 8.20. The van der Waals surface area contributed by atoms with Crippen molar-refractivity contribution in [2.45, 2.75) is 24.9 Å². The van der Waals surface area contributed by atoms with E-state index in [-0.39, 0.29) is 5.92 Å². The third-order valence-corrected chi connectivity index (χ3v) is 14.3. The summed E-state index contributed by atoms with van der Waals surface area (Å²) in [5, 5.41) is 18.3. The van der Waals surface area contributed by atoms with Gasteiger partial charge in [0, 0.05) is 33.4 Å². The van der Waals surface area contributed by atoms with E-state index in [1.807, 2.05) is 0 Å². The summed E-state index contributed by atoms with van der Waals surface area (Å²) >= 11 is 0. The van der Waals surface area contributed by atoms with Crippen LogP contribution in [0.1, 0.15) is 51.9 Å². The first kappa shape index (κ1) is 37.1. The lowest BCUT2D eigenvalue weighted by molar-refractivity contribution is 0.666. The van der Waals surface area contributed by atoms with Crippen LogP contribution in [0.2, 0.25) is 0 Å². The van der Waals surface area contributed by atoms with Gasteiger partial charge >= 0.3 is 0 Å². The molecule has 2 aliphatic rings. The molecule has 4 nitrogen and oxygen atoms in total. The van der Waals surface area contributed by atoms with Crippen molar-refractivity contribution in [2.75, 3.05) is 0 Å². The molecule has 0 amide bonds. The van der Waals surface area contributed by atoms with E-state index in [4.69, 9.17) is 14.4 Å². The number of benzene rings is 11. The molecule has 1 N–H and O–H groups in total. The van der Waals surface area contributed by atoms with Gasteiger partial charge in [0.15, 0.2) is 5.84 Å². The smallest absolute Gasteiger partial charge is 0.160 e. The summed E-state index contributed by atoms with van der Waals surface area (Å²) in [6.07, 6.45) is 1.39. The van der Waals surface area contributed by atoms with E-state index in [0.717, 1.165) is 68.1 Å². The van der Waals surface area contributed by atoms with Crippen LogP contribution >= 0.6 is 0 Å². The van der Waals surface area contributed by atoms with Crippen LogP contribution in [0.5, 0.6) is 0 Å². The summed E-state index contributed by atoms with van der Waals surface area (Å²) in [5.74, 6) is 1.52. The molecule has 310 valence electrons. The predicted octanol–water partition coefficient (Wildman–Crippen LogP) is 15.6. The Morgan fingerprint density at radius 2 is 1.02 bits per heavy atom. The lowest BCUT2D eigenvalue weighted by Crippen LogP contribution is -2.34. The predicted molar refractivity (Wildman–Crippen MR) is 275 cm³/mol. The maximum atomic E-state index is 6.73. The average Bonchev–Trinajstić information content (AvgIpc) is 3.69. The maximum absolute atomic E-state index is 6.73. The minimum atomic E-state index is -0.449. The Bertz CT molecular complexity index is 4060. The number of fused-ring (bicyclic) bond motifs is 13. The fourth-order valence-corrected chi connectivity index (χ4v) is 11.4.